The number of unbranched alkanes of at least 4 members (excludes halogenated alkanes) is 12. The minimum absolute atomic E-state index is 0.114. The highest BCUT2D eigenvalue weighted by Gasteiger charge is 2.15. The Morgan fingerprint density at radius 3 is 1.91 bits per heavy atom. The van der Waals surface area contributed by atoms with Gasteiger partial charge in [-0.1, -0.05) is 103 Å². The van der Waals surface area contributed by atoms with Crippen LogP contribution in [0, 0.1) is 11.6 Å². The Labute approximate surface area is 200 Å². The van der Waals surface area contributed by atoms with Gasteiger partial charge in [-0.25, -0.2) is 18.7 Å². The zero-order valence-electron chi connectivity index (χ0n) is 20.7. The van der Waals surface area contributed by atoms with Gasteiger partial charge < -0.3 is 0 Å². The molecule has 33 heavy (non-hydrogen) atoms. The van der Waals surface area contributed by atoms with Gasteiger partial charge in [0.25, 0.3) is 0 Å². The molecule has 0 N–H and O–H groups in total. The van der Waals surface area contributed by atoms with Gasteiger partial charge >= 0.3 is 0 Å². The number of aromatic nitrogens is 2. The van der Waals surface area contributed by atoms with E-state index in [1.54, 1.807) is 30.6 Å². The van der Waals surface area contributed by atoms with Crippen molar-refractivity contribution in [3.63, 3.8) is 0 Å². The first kappa shape index (κ1) is 27.1. The molecule has 1 heterocycles. The lowest BCUT2D eigenvalue weighted by molar-refractivity contribution is 0.509. The third-order valence-electron chi connectivity index (χ3n) is 6.15. The van der Waals surface area contributed by atoms with Crippen molar-refractivity contribution in [1.29, 1.82) is 0 Å². The summed E-state index contributed by atoms with van der Waals surface area (Å²) in [5, 5.41) is 0. The molecule has 0 unspecified atom stereocenters. The molecular weight excluding hydrogens is 414 g/mol. The normalized spacial score (nSPS) is 11.5. The Bertz CT molecular complexity index is 815. The Balaban J connectivity index is 1.83. The Morgan fingerprint density at radius 2 is 1.27 bits per heavy atom. The molecule has 0 aliphatic heterocycles. The molecule has 0 saturated heterocycles. The van der Waals surface area contributed by atoms with E-state index in [2.05, 4.69) is 23.8 Å². The van der Waals surface area contributed by atoms with Crippen molar-refractivity contribution in [2.24, 2.45) is 0 Å². The monoisotopic (exact) mass is 456 g/mol. The number of hydrogen-bond acceptors (Lipinski definition) is 2. The van der Waals surface area contributed by atoms with Crippen molar-refractivity contribution in [3.05, 3.63) is 53.4 Å². The fourth-order valence-corrected chi connectivity index (χ4v) is 4.03. The molecule has 0 bridgehead atoms. The molecule has 0 radical (unpaired) electrons. The Hall–Kier alpha value is -2.10. The minimum atomic E-state index is -0.878. The highest BCUT2D eigenvalue weighted by atomic mass is 19.2. The number of hydrogen-bond donors (Lipinski definition) is 0. The summed E-state index contributed by atoms with van der Waals surface area (Å²) in [7, 11) is 0. The summed E-state index contributed by atoms with van der Waals surface area (Å²) in [5.41, 5.74) is 1.43. The van der Waals surface area contributed by atoms with E-state index in [1.807, 2.05) is 6.08 Å². The Morgan fingerprint density at radius 1 is 0.697 bits per heavy atom. The lowest BCUT2D eigenvalue weighted by atomic mass is 10.1. The first-order valence-corrected chi connectivity index (χ1v) is 13.1. The van der Waals surface area contributed by atoms with Crippen LogP contribution in [0.25, 0.3) is 17.5 Å². The summed E-state index contributed by atoms with van der Waals surface area (Å²) < 4.78 is 29.3. The maximum atomic E-state index is 14.7. The summed E-state index contributed by atoms with van der Waals surface area (Å²) in [6, 6.07) is 3.19. The highest BCUT2D eigenvalue weighted by Crippen LogP contribution is 2.25. The van der Waals surface area contributed by atoms with E-state index in [1.165, 1.54) is 70.6 Å². The lowest BCUT2D eigenvalue weighted by Gasteiger charge is -2.07. The number of allylic oxidation sites excluding steroid dienone is 1. The molecule has 1 aromatic heterocycles. The van der Waals surface area contributed by atoms with Gasteiger partial charge in [-0.2, -0.15) is 0 Å². The largest absolute Gasteiger partial charge is 0.236 e. The maximum Gasteiger partial charge on any atom is 0.170 e. The van der Waals surface area contributed by atoms with Gasteiger partial charge in [0.05, 0.1) is 5.56 Å². The molecule has 2 nitrogen and oxygen atoms in total. The molecule has 182 valence electrons. The second-order valence-corrected chi connectivity index (χ2v) is 9.08. The van der Waals surface area contributed by atoms with Crippen molar-refractivity contribution < 1.29 is 8.78 Å². The Kier molecular flexibility index (Phi) is 13.6. The lowest BCUT2D eigenvalue weighted by Crippen LogP contribution is -1.98. The standard InChI is InChI=1S/C29H42F2N2/c1-3-5-7-9-11-13-15-17-19-25-20-21-26(28(31)27(25)30)29-32-22-24(23-33-29)18-16-14-12-10-8-6-4-2/h17,19-23H,3-16,18H2,1-2H3/b19-17+. The molecule has 0 saturated carbocycles. The van der Waals surface area contributed by atoms with Crippen LogP contribution in [0.2, 0.25) is 0 Å². The summed E-state index contributed by atoms with van der Waals surface area (Å²) >= 11 is 0. The zero-order valence-corrected chi connectivity index (χ0v) is 20.7. The van der Waals surface area contributed by atoms with Crippen LogP contribution in [0.3, 0.4) is 0 Å². The van der Waals surface area contributed by atoms with Crippen LogP contribution >= 0.6 is 0 Å². The predicted molar refractivity (Wildman–Crippen MR) is 136 cm³/mol. The number of benzene rings is 1. The van der Waals surface area contributed by atoms with Gasteiger partial charge in [0.1, 0.15) is 0 Å². The third kappa shape index (κ3) is 10.1. The van der Waals surface area contributed by atoms with Crippen LogP contribution in [-0.2, 0) is 6.42 Å². The van der Waals surface area contributed by atoms with E-state index >= 15 is 0 Å². The zero-order chi connectivity index (χ0) is 23.7. The van der Waals surface area contributed by atoms with Crippen LogP contribution in [0.15, 0.2) is 30.6 Å². The number of aryl methyl sites for hydroxylation is 1. The quantitative estimate of drug-likeness (QED) is 0.221. The van der Waals surface area contributed by atoms with E-state index in [0.717, 1.165) is 31.2 Å². The average Bonchev–Trinajstić information content (AvgIpc) is 2.83. The SMILES string of the molecule is CCCCCCCC/C=C/c1ccc(-c2ncc(CCCCCCCCC)cn2)c(F)c1F. The van der Waals surface area contributed by atoms with Gasteiger partial charge in [0, 0.05) is 18.0 Å². The highest BCUT2D eigenvalue weighted by molar-refractivity contribution is 5.61. The fourth-order valence-electron chi connectivity index (χ4n) is 4.03. The van der Waals surface area contributed by atoms with Gasteiger partial charge in [0.15, 0.2) is 17.5 Å². The molecule has 0 amide bonds. The average molecular weight is 457 g/mol. The van der Waals surface area contributed by atoms with Gasteiger partial charge in [0.2, 0.25) is 0 Å². The molecule has 2 rings (SSSR count). The molecule has 1 aromatic carbocycles. The van der Waals surface area contributed by atoms with Crippen LogP contribution in [0.4, 0.5) is 8.78 Å². The molecule has 4 heteroatoms. The van der Waals surface area contributed by atoms with E-state index in [-0.39, 0.29) is 17.0 Å². The molecule has 0 atom stereocenters. The number of nitrogens with zero attached hydrogens (tertiary/aromatic N) is 2. The van der Waals surface area contributed by atoms with E-state index in [0.29, 0.717) is 0 Å². The van der Waals surface area contributed by atoms with Crippen LogP contribution in [0.5, 0.6) is 0 Å². The number of rotatable bonds is 17. The summed E-state index contributed by atoms with van der Waals surface area (Å²) in [4.78, 5) is 8.60. The van der Waals surface area contributed by atoms with Crippen molar-refractivity contribution in [2.75, 3.05) is 0 Å². The third-order valence-corrected chi connectivity index (χ3v) is 6.15. The van der Waals surface area contributed by atoms with Crippen molar-refractivity contribution in [1.82, 2.24) is 9.97 Å². The van der Waals surface area contributed by atoms with Crippen molar-refractivity contribution >= 4 is 6.08 Å². The molecular formula is C29H42F2N2. The second kappa shape index (κ2) is 16.5. The second-order valence-electron chi connectivity index (χ2n) is 9.08. The molecule has 2 aromatic rings. The first-order chi connectivity index (χ1) is 16.2. The summed E-state index contributed by atoms with van der Waals surface area (Å²) in [5.74, 6) is -1.48. The van der Waals surface area contributed by atoms with Gasteiger partial charge in [-0.15, -0.1) is 0 Å². The fraction of sp³-hybridized carbons (Fsp3) is 0.586. The van der Waals surface area contributed by atoms with Crippen LogP contribution < -0.4 is 0 Å². The maximum absolute atomic E-state index is 14.7. The van der Waals surface area contributed by atoms with Gasteiger partial charge in [-0.3, -0.25) is 0 Å². The predicted octanol–water partition coefficient (Wildman–Crippen LogP) is 9.48. The van der Waals surface area contributed by atoms with Crippen molar-refractivity contribution in [2.45, 2.75) is 110 Å². The van der Waals surface area contributed by atoms with E-state index < -0.39 is 11.6 Å². The first-order valence-electron chi connectivity index (χ1n) is 13.1. The van der Waals surface area contributed by atoms with E-state index in [4.69, 9.17) is 0 Å². The van der Waals surface area contributed by atoms with Gasteiger partial charge in [-0.05, 0) is 37.3 Å². The van der Waals surface area contributed by atoms with Crippen LogP contribution in [-0.4, -0.2) is 9.97 Å². The van der Waals surface area contributed by atoms with Crippen LogP contribution in [0.1, 0.15) is 115 Å². The summed E-state index contributed by atoms with van der Waals surface area (Å²) in [6.45, 7) is 4.44. The molecule has 0 aliphatic carbocycles. The minimum Gasteiger partial charge on any atom is -0.236 e. The molecule has 0 fully saturated rings. The summed E-state index contributed by atoms with van der Waals surface area (Å²) in [6.07, 6.45) is 25.1. The van der Waals surface area contributed by atoms with E-state index in [9.17, 15) is 8.78 Å². The van der Waals surface area contributed by atoms with Crippen molar-refractivity contribution in [3.8, 4) is 11.4 Å². The smallest absolute Gasteiger partial charge is 0.170 e. The topological polar surface area (TPSA) is 25.8 Å². The molecule has 0 aliphatic rings. The molecule has 0 spiro atoms. The number of halogens is 2.